The molecule has 3 aromatic rings. The van der Waals surface area contributed by atoms with E-state index >= 15 is 0 Å². The second-order valence-electron chi connectivity index (χ2n) is 6.02. The summed E-state index contributed by atoms with van der Waals surface area (Å²) in [5.74, 6) is 0.245. The topological polar surface area (TPSA) is 58.0 Å². The highest BCUT2D eigenvalue weighted by molar-refractivity contribution is 5.92. The summed E-state index contributed by atoms with van der Waals surface area (Å²) in [7, 11) is 0. The van der Waals surface area contributed by atoms with Crippen LogP contribution in [0, 0.1) is 6.92 Å². The Morgan fingerprint density at radius 3 is 3.09 bits per heavy atom. The van der Waals surface area contributed by atoms with Crippen molar-refractivity contribution in [3.8, 4) is 0 Å². The molecule has 2 N–H and O–H groups in total. The molecule has 4 heteroatoms. The molecule has 1 aliphatic carbocycles. The largest absolute Gasteiger partial charge is 0.459 e. The summed E-state index contributed by atoms with van der Waals surface area (Å²) in [5, 5.41) is 4.37. The number of H-pyrrole nitrogens is 1. The zero-order valence-corrected chi connectivity index (χ0v) is 12.5. The molecule has 1 aliphatic rings. The van der Waals surface area contributed by atoms with Crippen LogP contribution in [0.5, 0.6) is 0 Å². The lowest BCUT2D eigenvalue weighted by Crippen LogP contribution is -2.38. The predicted octanol–water partition coefficient (Wildman–Crippen LogP) is 3.36. The Labute approximate surface area is 128 Å². The zero-order valence-electron chi connectivity index (χ0n) is 12.5. The Kier molecular flexibility index (Phi) is 3.03. The molecule has 0 saturated heterocycles. The molecule has 0 radical (unpaired) electrons. The summed E-state index contributed by atoms with van der Waals surface area (Å²) in [6.07, 6.45) is 4.30. The number of aromatic amines is 1. The van der Waals surface area contributed by atoms with Crippen molar-refractivity contribution in [1.82, 2.24) is 10.3 Å². The lowest BCUT2D eigenvalue weighted by molar-refractivity contribution is 0.0905. The summed E-state index contributed by atoms with van der Waals surface area (Å²) < 4.78 is 5.16. The van der Waals surface area contributed by atoms with Crippen molar-refractivity contribution in [2.45, 2.75) is 32.2 Å². The second-order valence-corrected chi connectivity index (χ2v) is 6.02. The fourth-order valence-electron chi connectivity index (χ4n) is 3.32. The van der Waals surface area contributed by atoms with Crippen LogP contribution in [-0.4, -0.2) is 16.9 Å². The molecule has 2 heterocycles. The number of hydrogen-bond donors (Lipinski definition) is 2. The summed E-state index contributed by atoms with van der Waals surface area (Å²) in [5.41, 5.74) is 5.10. The van der Waals surface area contributed by atoms with Gasteiger partial charge in [-0.15, -0.1) is 0 Å². The maximum absolute atomic E-state index is 12.1. The first-order valence-electron chi connectivity index (χ1n) is 7.65. The van der Waals surface area contributed by atoms with Gasteiger partial charge in [-0.25, -0.2) is 0 Å². The first kappa shape index (κ1) is 13.2. The van der Waals surface area contributed by atoms with Gasteiger partial charge < -0.3 is 14.7 Å². The minimum absolute atomic E-state index is 0.130. The van der Waals surface area contributed by atoms with Crippen LogP contribution in [0.2, 0.25) is 0 Å². The SMILES string of the molecule is Cc1ccc2[nH]c3c(c2c1)CC(NC(=O)c1ccco1)CC3. The van der Waals surface area contributed by atoms with Gasteiger partial charge in [-0.1, -0.05) is 11.6 Å². The lowest BCUT2D eigenvalue weighted by Gasteiger charge is -2.23. The van der Waals surface area contributed by atoms with Crippen molar-refractivity contribution in [3.63, 3.8) is 0 Å². The fraction of sp³-hybridized carbons (Fsp3) is 0.278. The van der Waals surface area contributed by atoms with Gasteiger partial charge in [0.05, 0.1) is 6.26 Å². The van der Waals surface area contributed by atoms with E-state index in [1.807, 2.05) is 0 Å². The van der Waals surface area contributed by atoms with Gasteiger partial charge in [-0.3, -0.25) is 4.79 Å². The maximum Gasteiger partial charge on any atom is 0.287 e. The van der Waals surface area contributed by atoms with E-state index in [1.165, 1.54) is 34.0 Å². The molecule has 1 atom stereocenters. The highest BCUT2D eigenvalue weighted by Gasteiger charge is 2.24. The molecule has 4 nitrogen and oxygen atoms in total. The number of amides is 1. The van der Waals surface area contributed by atoms with Gasteiger partial charge in [0, 0.05) is 22.6 Å². The monoisotopic (exact) mass is 294 g/mol. The van der Waals surface area contributed by atoms with Gasteiger partial charge in [0.15, 0.2) is 5.76 Å². The third-order valence-corrected chi connectivity index (χ3v) is 4.42. The number of aromatic nitrogens is 1. The normalized spacial score (nSPS) is 17.4. The number of carbonyl (C=O) groups excluding carboxylic acids is 1. The number of furan rings is 1. The van der Waals surface area contributed by atoms with E-state index in [-0.39, 0.29) is 11.9 Å². The summed E-state index contributed by atoms with van der Waals surface area (Å²) >= 11 is 0. The van der Waals surface area contributed by atoms with E-state index in [0.29, 0.717) is 5.76 Å². The van der Waals surface area contributed by atoms with Crippen molar-refractivity contribution in [2.75, 3.05) is 0 Å². The first-order chi connectivity index (χ1) is 10.7. The van der Waals surface area contributed by atoms with Crippen LogP contribution in [0.4, 0.5) is 0 Å². The smallest absolute Gasteiger partial charge is 0.287 e. The van der Waals surface area contributed by atoms with Crippen molar-refractivity contribution < 1.29 is 9.21 Å². The number of hydrogen-bond acceptors (Lipinski definition) is 2. The quantitative estimate of drug-likeness (QED) is 0.761. The molecule has 0 spiro atoms. The number of aryl methyl sites for hydroxylation is 2. The van der Waals surface area contributed by atoms with Crippen LogP contribution in [0.3, 0.4) is 0 Å². The molecule has 0 fully saturated rings. The van der Waals surface area contributed by atoms with Gasteiger partial charge in [-0.2, -0.15) is 0 Å². The van der Waals surface area contributed by atoms with E-state index in [9.17, 15) is 4.79 Å². The van der Waals surface area contributed by atoms with E-state index in [1.54, 1.807) is 12.1 Å². The van der Waals surface area contributed by atoms with Crippen molar-refractivity contribution in [1.29, 1.82) is 0 Å². The molecule has 0 saturated carbocycles. The summed E-state index contributed by atoms with van der Waals surface area (Å²) in [6, 6.07) is 10.1. The lowest BCUT2D eigenvalue weighted by atomic mass is 9.91. The van der Waals surface area contributed by atoms with E-state index in [0.717, 1.165) is 19.3 Å². The van der Waals surface area contributed by atoms with E-state index < -0.39 is 0 Å². The molecule has 2 aromatic heterocycles. The Morgan fingerprint density at radius 1 is 1.36 bits per heavy atom. The maximum atomic E-state index is 12.1. The average Bonchev–Trinajstić information content (AvgIpc) is 3.14. The van der Waals surface area contributed by atoms with Gasteiger partial charge in [0.2, 0.25) is 0 Å². The van der Waals surface area contributed by atoms with Crippen molar-refractivity contribution in [2.24, 2.45) is 0 Å². The molecule has 22 heavy (non-hydrogen) atoms. The standard InChI is InChI=1S/C18H18N2O2/c1-11-4-6-15-13(9-11)14-10-12(5-7-16(14)20-15)19-18(21)17-3-2-8-22-17/h2-4,6,8-9,12,20H,5,7,10H2,1H3,(H,19,21). The molecule has 1 amide bonds. The second kappa shape index (κ2) is 5.05. The molecular formula is C18H18N2O2. The highest BCUT2D eigenvalue weighted by atomic mass is 16.3. The Morgan fingerprint density at radius 2 is 2.27 bits per heavy atom. The fourth-order valence-corrected chi connectivity index (χ4v) is 3.32. The third kappa shape index (κ3) is 2.21. The van der Waals surface area contributed by atoms with Gasteiger partial charge in [0.1, 0.15) is 0 Å². The van der Waals surface area contributed by atoms with Gasteiger partial charge >= 0.3 is 0 Å². The molecule has 112 valence electrons. The predicted molar refractivity (Wildman–Crippen MR) is 85.0 cm³/mol. The Bertz CT molecular complexity index is 830. The average molecular weight is 294 g/mol. The van der Waals surface area contributed by atoms with Gasteiger partial charge in [0.25, 0.3) is 5.91 Å². The number of fused-ring (bicyclic) bond motifs is 3. The third-order valence-electron chi connectivity index (χ3n) is 4.42. The van der Waals surface area contributed by atoms with Crippen LogP contribution < -0.4 is 5.32 Å². The van der Waals surface area contributed by atoms with Crippen molar-refractivity contribution in [3.05, 3.63) is 59.2 Å². The number of nitrogens with one attached hydrogen (secondary N) is 2. The Hall–Kier alpha value is -2.49. The molecule has 0 bridgehead atoms. The van der Waals surface area contributed by atoms with Gasteiger partial charge in [-0.05, 0) is 56.0 Å². The Balaban J connectivity index is 1.59. The van der Waals surface area contributed by atoms with E-state index in [4.69, 9.17) is 4.42 Å². The van der Waals surface area contributed by atoms with Crippen LogP contribution in [0.25, 0.3) is 10.9 Å². The number of carbonyl (C=O) groups is 1. The molecular weight excluding hydrogens is 276 g/mol. The minimum atomic E-state index is -0.130. The minimum Gasteiger partial charge on any atom is -0.459 e. The summed E-state index contributed by atoms with van der Waals surface area (Å²) in [4.78, 5) is 15.6. The number of benzene rings is 1. The summed E-state index contributed by atoms with van der Waals surface area (Å²) in [6.45, 7) is 2.11. The van der Waals surface area contributed by atoms with E-state index in [2.05, 4.69) is 35.4 Å². The van der Waals surface area contributed by atoms with Crippen LogP contribution in [0.15, 0.2) is 41.0 Å². The molecule has 0 aliphatic heterocycles. The molecule has 4 rings (SSSR count). The highest BCUT2D eigenvalue weighted by Crippen LogP contribution is 2.30. The molecule has 1 aromatic carbocycles. The van der Waals surface area contributed by atoms with Crippen LogP contribution in [0.1, 0.15) is 33.8 Å². The van der Waals surface area contributed by atoms with Crippen LogP contribution in [-0.2, 0) is 12.8 Å². The number of rotatable bonds is 2. The molecule has 1 unspecified atom stereocenters. The van der Waals surface area contributed by atoms with Crippen LogP contribution >= 0.6 is 0 Å². The van der Waals surface area contributed by atoms with Crippen molar-refractivity contribution >= 4 is 16.8 Å². The zero-order chi connectivity index (χ0) is 15.1. The first-order valence-corrected chi connectivity index (χ1v) is 7.65.